The van der Waals surface area contributed by atoms with Gasteiger partial charge in [0, 0.05) is 13.1 Å². The van der Waals surface area contributed by atoms with Crippen LogP contribution in [0.15, 0.2) is 121 Å². The Balaban J connectivity index is 1.10. The Morgan fingerprint density at radius 3 is 1.17 bits per heavy atom. The maximum absolute atomic E-state index is 12.9. The topological polar surface area (TPSA) is 76.7 Å². The van der Waals surface area contributed by atoms with E-state index < -0.39 is 24.4 Å². The first-order chi connectivity index (χ1) is 20.7. The quantitative estimate of drug-likeness (QED) is 0.207. The first kappa shape index (κ1) is 28.9. The zero-order valence-electron chi connectivity index (χ0n) is 23.7. The van der Waals surface area contributed by atoms with E-state index in [0.29, 0.717) is 24.9 Å². The molecule has 0 aliphatic heterocycles. The van der Waals surface area contributed by atoms with Crippen molar-refractivity contribution in [1.29, 1.82) is 0 Å². The summed E-state index contributed by atoms with van der Waals surface area (Å²) in [5.74, 6) is 0.643. The fourth-order valence-corrected chi connectivity index (χ4v) is 5.69. The molecule has 1 aliphatic carbocycles. The number of carbonyl (C=O) groups excluding carboxylic acids is 2. The number of rotatable bonds is 10. The number of benzene rings is 4. The third kappa shape index (κ3) is 8.23. The fourth-order valence-electron chi connectivity index (χ4n) is 5.69. The molecule has 6 heteroatoms. The van der Waals surface area contributed by atoms with E-state index in [2.05, 4.69) is 10.6 Å². The predicted molar refractivity (Wildman–Crippen MR) is 164 cm³/mol. The first-order valence-electron chi connectivity index (χ1n) is 14.7. The molecule has 6 nitrogen and oxygen atoms in total. The van der Waals surface area contributed by atoms with E-state index in [0.717, 1.165) is 47.9 Å². The average molecular weight is 563 g/mol. The molecule has 0 bridgehead atoms. The van der Waals surface area contributed by atoms with Crippen LogP contribution in [0.5, 0.6) is 0 Å². The second-order valence-electron chi connectivity index (χ2n) is 10.9. The molecule has 2 atom stereocenters. The summed E-state index contributed by atoms with van der Waals surface area (Å²) in [7, 11) is 0. The molecule has 0 spiro atoms. The zero-order chi connectivity index (χ0) is 29.0. The lowest BCUT2D eigenvalue weighted by molar-refractivity contribution is 0.111. The minimum Gasteiger partial charge on any atom is -0.436 e. The van der Waals surface area contributed by atoms with Gasteiger partial charge in [-0.05, 0) is 53.4 Å². The lowest BCUT2D eigenvalue weighted by Gasteiger charge is -2.29. The smallest absolute Gasteiger partial charge is 0.408 e. The summed E-state index contributed by atoms with van der Waals surface area (Å²) < 4.78 is 11.8. The van der Waals surface area contributed by atoms with Crippen LogP contribution in [0.3, 0.4) is 0 Å². The molecule has 2 amide bonds. The molecule has 5 rings (SSSR count). The van der Waals surface area contributed by atoms with Crippen molar-refractivity contribution in [2.75, 3.05) is 13.1 Å². The highest BCUT2D eigenvalue weighted by Crippen LogP contribution is 2.30. The Hall–Kier alpha value is -4.58. The summed E-state index contributed by atoms with van der Waals surface area (Å²) in [5.41, 5.74) is 3.71. The Morgan fingerprint density at radius 1 is 0.548 bits per heavy atom. The molecule has 2 N–H and O–H groups in total. The number of amides is 2. The third-order valence-electron chi connectivity index (χ3n) is 7.82. The van der Waals surface area contributed by atoms with Crippen molar-refractivity contribution in [2.24, 2.45) is 11.8 Å². The van der Waals surface area contributed by atoms with E-state index in [9.17, 15) is 9.59 Å². The van der Waals surface area contributed by atoms with Crippen LogP contribution in [0.2, 0.25) is 0 Å². The van der Waals surface area contributed by atoms with Crippen LogP contribution >= 0.6 is 0 Å². The van der Waals surface area contributed by atoms with Gasteiger partial charge in [0.15, 0.2) is 12.2 Å². The number of ether oxygens (including phenoxy) is 2. The van der Waals surface area contributed by atoms with Gasteiger partial charge in [-0.15, -0.1) is 0 Å². The minimum absolute atomic E-state index is 0.322. The van der Waals surface area contributed by atoms with Gasteiger partial charge >= 0.3 is 12.2 Å². The van der Waals surface area contributed by atoms with Crippen molar-refractivity contribution >= 4 is 12.2 Å². The van der Waals surface area contributed by atoms with E-state index in [1.54, 1.807) is 0 Å². The Morgan fingerprint density at radius 2 is 0.857 bits per heavy atom. The Labute approximate surface area is 248 Å². The van der Waals surface area contributed by atoms with Crippen LogP contribution in [0, 0.1) is 11.8 Å². The number of hydrogen-bond acceptors (Lipinski definition) is 4. The van der Waals surface area contributed by atoms with Gasteiger partial charge in [-0.2, -0.15) is 0 Å². The molecule has 216 valence electrons. The van der Waals surface area contributed by atoms with E-state index >= 15 is 0 Å². The number of hydrogen-bond donors (Lipinski definition) is 2. The van der Waals surface area contributed by atoms with Crippen molar-refractivity contribution in [1.82, 2.24) is 10.6 Å². The molecule has 0 aromatic heterocycles. The molecular formula is C36H38N2O4. The summed E-state index contributed by atoms with van der Waals surface area (Å²) in [4.78, 5) is 25.7. The van der Waals surface area contributed by atoms with E-state index in [1.165, 1.54) is 0 Å². The van der Waals surface area contributed by atoms with Crippen LogP contribution in [0.1, 0.15) is 60.1 Å². The second kappa shape index (κ2) is 14.9. The second-order valence-corrected chi connectivity index (χ2v) is 10.9. The zero-order valence-corrected chi connectivity index (χ0v) is 23.7. The molecule has 2 unspecified atom stereocenters. The van der Waals surface area contributed by atoms with Crippen molar-refractivity contribution in [3.8, 4) is 0 Å². The number of carbonyl (C=O) groups is 2. The van der Waals surface area contributed by atoms with Crippen molar-refractivity contribution in [3.63, 3.8) is 0 Å². The SMILES string of the molecule is O=C(NCC1CCCC(CNC(=O)OC(c2ccccc2)c2ccccc2)C1)OC(c1ccccc1)c1ccccc1. The van der Waals surface area contributed by atoms with Crippen LogP contribution in [0.4, 0.5) is 9.59 Å². The third-order valence-corrected chi connectivity index (χ3v) is 7.82. The van der Waals surface area contributed by atoms with Gasteiger partial charge in [-0.25, -0.2) is 9.59 Å². The molecule has 0 radical (unpaired) electrons. The lowest BCUT2D eigenvalue weighted by Crippen LogP contribution is -2.36. The van der Waals surface area contributed by atoms with Gasteiger partial charge in [0.05, 0.1) is 0 Å². The maximum atomic E-state index is 12.9. The molecular weight excluding hydrogens is 524 g/mol. The first-order valence-corrected chi connectivity index (χ1v) is 14.7. The van der Waals surface area contributed by atoms with Crippen LogP contribution in [0.25, 0.3) is 0 Å². The van der Waals surface area contributed by atoms with Crippen molar-refractivity contribution < 1.29 is 19.1 Å². The summed E-state index contributed by atoms with van der Waals surface area (Å²) in [6.45, 7) is 1.08. The van der Waals surface area contributed by atoms with Gasteiger partial charge in [0.1, 0.15) is 0 Å². The minimum atomic E-state index is -0.475. The number of nitrogens with one attached hydrogen (secondary N) is 2. The number of alkyl carbamates (subject to hydrolysis) is 2. The van der Waals surface area contributed by atoms with Crippen molar-refractivity contribution in [2.45, 2.75) is 37.9 Å². The average Bonchev–Trinajstić information content (AvgIpc) is 3.06. The van der Waals surface area contributed by atoms with Gasteiger partial charge < -0.3 is 20.1 Å². The summed E-state index contributed by atoms with van der Waals surface area (Å²) in [6.07, 6.45) is 2.24. The lowest BCUT2D eigenvalue weighted by atomic mass is 9.81. The normalized spacial score (nSPS) is 16.5. The fraction of sp³-hybridized carbons (Fsp3) is 0.278. The Kier molecular flexibility index (Phi) is 10.2. The van der Waals surface area contributed by atoms with E-state index in [1.807, 2.05) is 121 Å². The molecule has 1 fully saturated rings. The van der Waals surface area contributed by atoms with Crippen LogP contribution in [-0.2, 0) is 9.47 Å². The highest BCUT2D eigenvalue weighted by Gasteiger charge is 2.25. The molecule has 42 heavy (non-hydrogen) atoms. The maximum Gasteiger partial charge on any atom is 0.408 e. The summed E-state index contributed by atoms with van der Waals surface area (Å²) in [5, 5.41) is 5.99. The van der Waals surface area contributed by atoms with Crippen LogP contribution in [-0.4, -0.2) is 25.3 Å². The molecule has 0 saturated heterocycles. The van der Waals surface area contributed by atoms with Crippen LogP contribution < -0.4 is 10.6 Å². The molecule has 4 aromatic carbocycles. The Bertz CT molecular complexity index is 1200. The standard InChI is InChI=1S/C36H38N2O4/c39-35(41-33(29-16-5-1-6-17-29)30-18-7-2-8-19-30)37-25-27-14-13-15-28(24-27)26-38-36(40)42-34(31-20-9-3-10-21-31)32-22-11-4-12-23-32/h1-12,16-23,27-28,33-34H,13-15,24-26H2,(H,37,39)(H,38,40). The predicted octanol–water partition coefficient (Wildman–Crippen LogP) is 7.82. The van der Waals surface area contributed by atoms with Gasteiger partial charge in [-0.3, -0.25) is 0 Å². The highest BCUT2D eigenvalue weighted by atomic mass is 16.6. The van der Waals surface area contributed by atoms with Gasteiger partial charge in [-0.1, -0.05) is 128 Å². The molecule has 1 saturated carbocycles. The molecule has 4 aromatic rings. The molecule has 0 heterocycles. The summed E-state index contributed by atoms with van der Waals surface area (Å²) in [6, 6.07) is 39.1. The van der Waals surface area contributed by atoms with Crippen molar-refractivity contribution in [3.05, 3.63) is 144 Å². The van der Waals surface area contributed by atoms with Gasteiger partial charge in [0.2, 0.25) is 0 Å². The van der Waals surface area contributed by atoms with Gasteiger partial charge in [0.25, 0.3) is 0 Å². The van der Waals surface area contributed by atoms with E-state index in [-0.39, 0.29) is 0 Å². The molecule has 1 aliphatic rings. The monoisotopic (exact) mass is 562 g/mol. The highest BCUT2D eigenvalue weighted by molar-refractivity contribution is 5.68. The largest absolute Gasteiger partial charge is 0.436 e. The summed E-state index contributed by atoms with van der Waals surface area (Å²) >= 11 is 0. The van der Waals surface area contributed by atoms with E-state index in [4.69, 9.17) is 9.47 Å².